The van der Waals surface area contributed by atoms with E-state index in [0.29, 0.717) is 0 Å². The Balaban J connectivity index is 2.91. The Labute approximate surface area is 95.3 Å². The van der Waals surface area contributed by atoms with Gasteiger partial charge >= 0.3 is 0 Å². The number of aromatic hydroxyl groups is 2. The summed E-state index contributed by atoms with van der Waals surface area (Å²) in [5, 5.41) is 20.9. The van der Waals surface area contributed by atoms with Crippen molar-refractivity contribution in [2.75, 3.05) is 0 Å². The van der Waals surface area contributed by atoms with E-state index in [1.54, 1.807) is 13.0 Å². The highest BCUT2D eigenvalue weighted by molar-refractivity contribution is 14.1. The van der Waals surface area contributed by atoms with E-state index in [1.807, 2.05) is 18.2 Å². The highest BCUT2D eigenvalue weighted by Crippen LogP contribution is 2.35. The maximum Gasteiger partial charge on any atom is 0.161 e. The minimum atomic E-state index is -0.0583. The van der Waals surface area contributed by atoms with Gasteiger partial charge in [-0.05, 0) is 58.5 Å². The van der Waals surface area contributed by atoms with Crippen LogP contribution in [-0.2, 0) is 0 Å². The summed E-state index contributed by atoms with van der Waals surface area (Å²) in [5.41, 5.74) is 0.719. The maximum absolute atomic E-state index is 9.52. The van der Waals surface area contributed by atoms with E-state index >= 15 is 0 Å². The van der Waals surface area contributed by atoms with Crippen LogP contribution < -0.4 is 0 Å². The van der Waals surface area contributed by atoms with Gasteiger partial charge in [0.15, 0.2) is 11.5 Å². The molecule has 0 aromatic heterocycles. The minimum Gasteiger partial charge on any atom is -0.504 e. The van der Waals surface area contributed by atoms with Crippen molar-refractivity contribution in [3.63, 3.8) is 0 Å². The predicted octanol–water partition coefficient (Wildman–Crippen LogP) is 3.16. The molecule has 0 heterocycles. The molecular formula is C11H9IO2. The molecule has 3 heteroatoms. The molecule has 2 aromatic rings. The normalized spacial score (nSPS) is 10.7. The number of hydrogen-bond acceptors (Lipinski definition) is 2. The third kappa shape index (κ3) is 1.41. The molecule has 0 atom stereocenters. The first-order valence-corrected chi connectivity index (χ1v) is 5.28. The highest BCUT2D eigenvalue weighted by atomic mass is 127. The molecule has 0 bridgehead atoms. The van der Waals surface area contributed by atoms with Crippen LogP contribution >= 0.6 is 22.6 Å². The Morgan fingerprint density at radius 1 is 1.14 bits per heavy atom. The quantitative estimate of drug-likeness (QED) is 0.579. The molecule has 0 saturated heterocycles. The third-order valence-corrected chi connectivity index (χ3v) is 2.98. The van der Waals surface area contributed by atoms with Crippen molar-refractivity contribution < 1.29 is 10.2 Å². The number of fused-ring (bicyclic) bond motifs is 1. The van der Waals surface area contributed by atoms with Crippen LogP contribution in [-0.4, -0.2) is 10.2 Å². The number of benzene rings is 2. The van der Waals surface area contributed by atoms with Crippen LogP contribution in [0.25, 0.3) is 10.8 Å². The van der Waals surface area contributed by atoms with Crippen molar-refractivity contribution in [2.45, 2.75) is 6.92 Å². The van der Waals surface area contributed by atoms with E-state index < -0.39 is 0 Å². The molecule has 0 spiro atoms. The van der Waals surface area contributed by atoms with Crippen molar-refractivity contribution >= 4 is 33.4 Å². The molecule has 0 fully saturated rings. The number of halogens is 1. The van der Waals surface area contributed by atoms with Gasteiger partial charge in [0.05, 0.1) is 0 Å². The lowest BCUT2D eigenvalue weighted by Gasteiger charge is -2.06. The van der Waals surface area contributed by atoms with Crippen LogP contribution in [0.4, 0.5) is 0 Å². The van der Waals surface area contributed by atoms with Gasteiger partial charge in [0, 0.05) is 9.13 Å². The fourth-order valence-electron chi connectivity index (χ4n) is 1.53. The van der Waals surface area contributed by atoms with Gasteiger partial charge in [-0.3, -0.25) is 0 Å². The minimum absolute atomic E-state index is 0.0290. The molecule has 2 N–H and O–H groups in total. The van der Waals surface area contributed by atoms with Gasteiger partial charge in [-0.15, -0.1) is 0 Å². The first kappa shape index (κ1) is 9.58. The molecule has 0 aliphatic carbocycles. The molecule has 2 rings (SSSR count). The number of phenolic OH excluding ortho intramolecular Hbond substituents is 2. The van der Waals surface area contributed by atoms with Crippen LogP contribution in [0.3, 0.4) is 0 Å². The van der Waals surface area contributed by atoms with Gasteiger partial charge < -0.3 is 10.2 Å². The molecule has 0 saturated carbocycles. The van der Waals surface area contributed by atoms with E-state index in [9.17, 15) is 10.2 Å². The number of phenols is 2. The number of rotatable bonds is 0. The Morgan fingerprint density at radius 2 is 1.86 bits per heavy atom. The Bertz CT molecular complexity index is 506. The number of hydrogen-bond donors (Lipinski definition) is 2. The predicted molar refractivity (Wildman–Crippen MR) is 64.7 cm³/mol. The number of aryl methyl sites for hydroxylation is 1. The van der Waals surface area contributed by atoms with E-state index in [2.05, 4.69) is 22.6 Å². The van der Waals surface area contributed by atoms with Gasteiger partial charge in [0.1, 0.15) is 0 Å². The summed E-state index contributed by atoms with van der Waals surface area (Å²) in [6.45, 7) is 1.80. The molecule has 0 unspecified atom stereocenters. The smallest absolute Gasteiger partial charge is 0.161 e. The monoisotopic (exact) mass is 300 g/mol. The largest absolute Gasteiger partial charge is 0.504 e. The molecule has 0 amide bonds. The van der Waals surface area contributed by atoms with Crippen molar-refractivity contribution in [1.29, 1.82) is 0 Å². The topological polar surface area (TPSA) is 40.5 Å². The van der Waals surface area contributed by atoms with Crippen molar-refractivity contribution in [1.82, 2.24) is 0 Å². The average Bonchev–Trinajstić information content (AvgIpc) is 2.14. The SMILES string of the molecule is Cc1c(O)c(O)cc2cc(I)ccc12. The third-order valence-electron chi connectivity index (χ3n) is 2.31. The Kier molecular flexibility index (Phi) is 2.26. The zero-order valence-corrected chi connectivity index (χ0v) is 9.74. The first-order valence-electron chi connectivity index (χ1n) is 4.20. The van der Waals surface area contributed by atoms with Gasteiger partial charge in [0.25, 0.3) is 0 Å². The van der Waals surface area contributed by atoms with Crippen molar-refractivity contribution in [2.24, 2.45) is 0 Å². The summed E-state index contributed by atoms with van der Waals surface area (Å²) >= 11 is 2.22. The highest BCUT2D eigenvalue weighted by Gasteiger charge is 2.07. The van der Waals surface area contributed by atoms with E-state index in [0.717, 1.165) is 19.9 Å². The molecular weight excluding hydrogens is 291 g/mol. The summed E-state index contributed by atoms with van der Waals surface area (Å²) in [5.74, 6) is -0.0873. The van der Waals surface area contributed by atoms with Gasteiger partial charge in [-0.25, -0.2) is 0 Å². The molecule has 0 radical (unpaired) electrons. The van der Waals surface area contributed by atoms with Crippen molar-refractivity contribution in [3.05, 3.63) is 33.4 Å². The van der Waals surface area contributed by atoms with Crippen LogP contribution in [0.1, 0.15) is 5.56 Å². The van der Waals surface area contributed by atoms with E-state index in [4.69, 9.17) is 0 Å². The van der Waals surface area contributed by atoms with E-state index in [1.165, 1.54) is 0 Å². The van der Waals surface area contributed by atoms with Gasteiger partial charge in [0.2, 0.25) is 0 Å². The van der Waals surface area contributed by atoms with Crippen LogP contribution in [0, 0.1) is 10.5 Å². The molecule has 2 nitrogen and oxygen atoms in total. The van der Waals surface area contributed by atoms with Crippen LogP contribution in [0.15, 0.2) is 24.3 Å². The lowest BCUT2D eigenvalue weighted by Crippen LogP contribution is -1.82. The Morgan fingerprint density at radius 3 is 2.57 bits per heavy atom. The summed E-state index contributed by atoms with van der Waals surface area (Å²) in [4.78, 5) is 0. The van der Waals surface area contributed by atoms with Crippen LogP contribution in [0.2, 0.25) is 0 Å². The fourth-order valence-corrected chi connectivity index (χ4v) is 2.05. The second-order valence-electron chi connectivity index (χ2n) is 3.23. The first-order chi connectivity index (χ1) is 6.59. The summed E-state index contributed by atoms with van der Waals surface area (Å²) < 4.78 is 1.11. The van der Waals surface area contributed by atoms with Crippen molar-refractivity contribution in [3.8, 4) is 11.5 Å². The summed E-state index contributed by atoms with van der Waals surface area (Å²) in [6.07, 6.45) is 0. The van der Waals surface area contributed by atoms with Gasteiger partial charge in [-0.1, -0.05) is 6.07 Å². The summed E-state index contributed by atoms with van der Waals surface area (Å²) in [6, 6.07) is 7.49. The molecule has 0 aliphatic rings. The molecule has 2 aromatic carbocycles. The average molecular weight is 300 g/mol. The Hall–Kier alpha value is -0.970. The lowest BCUT2D eigenvalue weighted by molar-refractivity contribution is 0.402. The van der Waals surface area contributed by atoms with Gasteiger partial charge in [-0.2, -0.15) is 0 Å². The second kappa shape index (κ2) is 3.31. The molecule has 0 aliphatic heterocycles. The van der Waals surface area contributed by atoms with E-state index in [-0.39, 0.29) is 11.5 Å². The maximum atomic E-state index is 9.52. The molecule has 14 heavy (non-hydrogen) atoms. The zero-order chi connectivity index (χ0) is 10.3. The lowest BCUT2D eigenvalue weighted by atomic mass is 10.0. The van der Waals surface area contributed by atoms with Crippen LogP contribution in [0.5, 0.6) is 11.5 Å². The standard InChI is InChI=1S/C11H9IO2/c1-6-9-3-2-8(12)4-7(9)5-10(13)11(6)14/h2-5,13-14H,1H3. The second-order valence-corrected chi connectivity index (χ2v) is 4.48. The molecule has 72 valence electrons. The fraction of sp³-hybridized carbons (Fsp3) is 0.0909. The summed E-state index contributed by atoms with van der Waals surface area (Å²) in [7, 11) is 0. The zero-order valence-electron chi connectivity index (χ0n) is 7.58.